The molecule has 0 atom stereocenters. The van der Waals surface area contributed by atoms with E-state index in [1.807, 2.05) is 37.3 Å². The number of benzene rings is 2. The first-order chi connectivity index (χ1) is 15.5. The van der Waals surface area contributed by atoms with Gasteiger partial charge < -0.3 is 14.4 Å². The fourth-order valence-electron chi connectivity index (χ4n) is 2.92. The van der Waals surface area contributed by atoms with Gasteiger partial charge in [0.2, 0.25) is 0 Å². The van der Waals surface area contributed by atoms with Crippen LogP contribution < -0.4 is 9.64 Å². The smallest absolute Gasteiger partial charge is 0.354 e. The molecule has 0 aliphatic rings. The number of anilines is 1. The first-order valence-electron chi connectivity index (χ1n) is 10.5. The summed E-state index contributed by atoms with van der Waals surface area (Å²) in [4.78, 5) is 24.8. The minimum atomic E-state index is -0.827. The molecule has 0 aliphatic heterocycles. The normalized spacial score (nSPS) is 11.0. The molecule has 0 fully saturated rings. The lowest BCUT2D eigenvalue weighted by molar-refractivity contribution is -0.384. The molecular weight excluding hydrogens is 410 g/mol. The summed E-state index contributed by atoms with van der Waals surface area (Å²) in [6, 6.07) is 14.5. The monoisotopic (exact) mass is 437 g/mol. The SMILES string of the molecule is CCCCN(CCOCC)c1ccc(/C=C(\C#N)C(=O)Oc2ccc([N+](=O)[O-])cc2)cc1. The maximum Gasteiger partial charge on any atom is 0.354 e. The number of hydrogen-bond donors (Lipinski definition) is 0. The number of nitro benzene ring substituents is 1. The quantitative estimate of drug-likeness (QED) is 0.0897. The van der Waals surface area contributed by atoms with Crippen LogP contribution in [0.2, 0.25) is 0 Å². The molecule has 8 heteroatoms. The zero-order valence-electron chi connectivity index (χ0n) is 18.3. The molecule has 0 heterocycles. The number of carbonyl (C=O) groups is 1. The van der Waals surface area contributed by atoms with Crippen LogP contribution in [0.15, 0.2) is 54.1 Å². The number of nitrogens with zero attached hydrogens (tertiary/aromatic N) is 3. The topological polar surface area (TPSA) is 106 Å². The van der Waals surface area contributed by atoms with Gasteiger partial charge in [-0.05, 0) is 49.2 Å². The summed E-state index contributed by atoms with van der Waals surface area (Å²) in [5.41, 5.74) is 1.44. The van der Waals surface area contributed by atoms with Crippen LogP contribution in [0.5, 0.6) is 5.75 Å². The van der Waals surface area contributed by atoms with Crippen molar-refractivity contribution < 1.29 is 19.2 Å². The summed E-state index contributed by atoms with van der Waals surface area (Å²) in [6.07, 6.45) is 3.61. The third-order valence-corrected chi connectivity index (χ3v) is 4.66. The van der Waals surface area contributed by atoms with E-state index in [1.165, 1.54) is 30.3 Å². The van der Waals surface area contributed by atoms with Gasteiger partial charge in [-0.3, -0.25) is 10.1 Å². The van der Waals surface area contributed by atoms with Gasteiger partial charge in [-0.1, -0.05) is 25.5 Å². The fourth-order valence-corrected chi connectivity index (χ4v) is 2.92. The van der Waals surface area contributed by atoms with E-state index >= 15 is 0 Å². The third-order valence-electron chi connectivity index (χ3n) is 4.66. The number of ether oxygens (including phenoxy) is 2. The lowest BCUT2D eigenvalue weighted by Gasteiger charge is -2.24. The largest absolute Gasteiger partial charge is 0.422 e. The van der Waals surface area contributed by atoms with Crippen LogP contribution >= 0.6 is 0 Å². The molecule has 8 nitrogen and oxygen atoms in total. The number of non-ortho nitro benzene ring substituents is 1. The Balaban J connectivity index is 2.09. The number of esters is 1. The molecule has 0 aromatic heterocycles. The van der Waals surface area contributed by atoms with Gasteiger partial charge in [-0.2, -0.15) is 5.26 Å². The number of nitriles is 1. The molecule has 0 bridgehead atoms. The minimum absolute atomic E-state index is 0.116. The van der Waals surface area contributed by atoms with Crippen LogP contribution in [0.1, 0.15) is 32.3 Å². The summed E-state index contributed by atoms with van der Waals surface area (Å²) >= 11 is 0. The van der Waals surface area contributed by atoms with Crippen LogP contribution in [-0.4, -0.2) is 37.2 Å². The van der Waals surface area contributed by atoms with E-state index in [4.69, 9.17) is 9.47 Å². The van der Waals surface area contributed by atoms with Gasteiger partial charge in [0, 0.05) is 37.5 Å². The Hall–Kier alpha value is -3.70. The number of nitro groups is 1. The van der Waals surface area contributed by atoms with Crippen molar-refractivity contribution >= 4 is 23.4 Å². The third kappa shape index (κ3) is 7.52. The first kappa shape index (κ1) is 24.6. The predicted octanol–water partition coefficient (Wildman–Crippen LogP) is 4.75. The summed E-state index contributed by atoms with van der Waals surface area (Å²) < 4.78 is 10.6. The zero-order valence-corrected chi connectivity index (χ0v) is 18.3. The molecule has 0 saturated heterocycles. The molecule has 0 saturated carbocycles. The maximum atomic E-state index is 12.3. The van der Waals surface area contributed by atoms with Crippen molar-refractivity contribution in [3.8, 4) is 11.8 Å². The molecule has 0 amide bonds. The Morgan fingerprint density at radius 1 is 1.12 bits per heavy atom. The van der Waals surface area contributed by atoms with Crippen LogP contribution in [0.3, 0.4) is 0 Å². The van der Waals surface area contributed by atoms with E-state index in [1.54, 1.807) is 0 Å². The van der Waals surface area contributed by atoms with E-state index in [2.05, 4.69) is 11.8 Å². The molecule has 32 heavy (non-hydrogen) atoms. The second kappa shape index (κ2) is 12.9. The highest BCUT2D eigenvalue weighted by Gasteiger charge is 2.14. The van der Waals surface area contributed by atoms with Crippen molar-refractivity contribution in [1.29, 1.82) is 5.26 Å². The molecule has 2 rings (SSSR count). The standard InChI is InChI=1S/C24H27N3O5/c1-3-5-14-26(15-16-31-4-2)21-8-6-19(7-9-21)17-20(18-25)24(28)32-23-12-10-22(11-13-23)27(29)30/h6-13,17H,3-5,14-16H2,1-2H3/b20-17+. The number of unbranched alkanes of at least 4 members (excludes halogenated alkanes) is 1. The predicted molar refractivity (Wildman–Crippen MR) is 122 cm³/mol. The van der Waals surface area contributed by atoms with E-state index in [0.29, 0.717) is 18.8 Å². The van der Waals surface area contributed by atoms with Gasteiger partial charge in [0.25, 0.3) is 5.69 Å². The van der Waals surface area contributed by atoms with Crippen LogP contribution in [0.4, 0.5) is 11.4 Å². The summed E-state index contributed by atoms with van der Waals surface area (Å²) in [5.74, 6) is -0.704. The van der Waals surface area contributed by atoms with Crippen LogP contribution in [-0.2, 0) is 9.53 Å². The van der Waals surface area contributed by atoms with Crippen molar-refractivity contribution in [2.24, 2.45) is 0 Å². The highest BCUT2D eigenvalue weighted by molar-refractivity contribution is 5.99. The molecule has 2 aromatic carbocycles. The Kier molecular flexibility index (Phi) is 9.88. The summed E-state index contributed by atoms with van der Waals surface area (Å²) in [5, 5.41) is 20.1. The highest BCUT2D eigenvalue weighted by atomic mass is 16.6. The summed E-state index contributed by atoms with van der Waals surface area (Å²) in [6.45, 7) is 7.15. The van der Waals surface area contributed by atoms with Crippen molar-refractivity contribution in [2.75, 3.05) is 31.2 Å². The Labute approximate surface area is 187 Å². The highest BCUT2D eigenvalue weighted by Crippen LogP contribution is 2.20. The molecule has 0 aliphatic carbocycles. The average molecular weight is 437 g/mol. The van der Waals surface area contributed by atoms with Gasteiger partial charge in [-0.25, -0.2) is 4.79 Å². The van der Waals surface area contributed by atoms with Crippen molar-refractivity contribution in [3.63, 3.8) is 0 Å². The fraction of sp³-hybridized carbons (Fsp3) is 0.333. The number of carbonyl (C=O) groups excluding carboxylic acids is 1. The molecule has 0 spiro atoms. The van der Waals surface area contributed by atoms with E-state index < -0.39 is 10.9 Å². The molecular formula is C24H27N3O5. The van der Waals surface area contributed by atoms with Crippen molar-refractivity contribution in [3.05, 3.63) is 69.8 Å². The van der Waals surface area contributed by atoms with E-state index in [0.717, 1.165) is 31.6 Å². The van der Waals surface area contributed by atoms with Crippen molar-refractivity contribution in [1.82, 2.24) is 0 Å². The molecule has 2 aromatic rings. The Morgan fingerprint density at radius 2 is 1.81 bits per heavy atom. The van der Waals surface area contributed by atoms with Gasteiger partial charge >= 0.3 is 5.97 Å². The lowest BCUT2D eigenvalue weighted by atomic mass is 10.1. The van der Waals surface area contributed by atoms with Crippen molar-refractivity contribution in [2.45, 2.75) is 26.7 Å². The average Bonchev–Trinajstić information content (AvgIpc) is 2.80. The van der Waals surface area contributed by atoms with Gasteiger partial charge in [0.1, 0.15) is 17.4 Å². The van der Waals surface area contributed by atoms with Gasteiger partial charge in [0.05, 0.1) is 11.5 Å². The molecule has 168 valence electrons. The summed E-state index contributed by atoms with van der Waals surface area (Å²) in [7, 11) is 0. The molecule has 0 radical (unpaired) electrons. The second-order valence-electron chi connectivity index (χ2n) is 6.94. The Morgan fingerprint density at radius 3 is 2.38 bits per heavy atom. The lowest BCUT2D eigenvalue weighted by Crippen LogP contribution is -2.28. The zero-order chi connectivity index (χ0) is 23.3. The molecule has 0 unspecified atom stereocenters. The van der Waals surface area contributed by atoms with Crippen LogP contribution in [0.25, 0.3) is 6.08 Å². The number of hydrogen-bond acceptors (Lipinski definition) is 7. The molecule has 0 N–H and O–H groups in total. The number of rotatable bonds is 12. The first-order valence-corrected chi connectivity index (χ1v) is 10.5. The second-order valence-corrected chi connectivity index (χ2v) is 6.94. The minimum Gasteiger partial charge on any atom is -0.422 e. The van der Waals surface area contributed by atoms with E-state index in [-0.39, 0.29) is 17.0 Å². The van der Waals surface area contributed by atoms with Crippen LogP contribution in [0, 0.1) is 21.4 Å². The Bertz CT molecular complexity index is 963. The van der Waals surface area contributed by atoms with Gasteiger partial charge in [-0.15, -0.1) is 0 Å². The van der Waals surface area contributed by atoms with E-state index in [9.17, 15) is 20.2 Å². The van der Waals surface area contributed by atoms with Gasteiger partial charge in [0.15, 0.2) is 0 Å². The maximum absolute atomic E-state index is 12.3.